The highest BCUT2D eigenvalue weighted by Gasteiger charge is 2.47. The predicted octanol–water partition coefficient (Wildman–Crippen LogP) is 4.19. The van der Waals surface area contributed by atoms with Crippen LogP contribution in [0.2, 0.25) is 0 Å². The van der Waals surface area contributed by atoms with E-state index in [4.69, 9.17) is 9.15 Å². The number of hydrogen-bond donors (Lipinski definition) is 0. The molecular formula is C21H25NO3. The highest BCUT2D eigenvalue weighted by molar-refractivity contribution is 5.83. The summed E-state index contributed by atoms with van der Waals surface area (Å²) in [6, 6.07) is 12.2. The van der Waals surface area contributed by atoms with Gasteiger partial charge in [0.2, 0.25) is 5.91 Å². The lowest BCUT2D eigenvalue weighted by Crippen LogP contribution is -2.39. The van der Waals surface area contributed by atoms with Crippen molar-refractivity contribution in [1.29, 1.82) is 0 Å². The molecule has 132 valence electrons. The van der Waals surface area contributed by atoms with Crippen LogP contribution in [-0.4, -0.2) is 30.5 Å². The lowest BCUT2D eigenvalue weighted by Gasteiger charge is -2.33. The molecule has 1 aromatic heterocycles. The number of likely N-dealkylation sites (tertiary alicyclic amines) is 1. The summed E-state index contributed by atoms with van der Waals surface area (Å²) in [7, 11) is 0. The molecule has 0 radical (unpaired) electrons. The Labute approximate surface area is 148 Å². The summed E-state index contributed by atoms with van der Waals surface area (Å²) < 4.78 is 11.2. The monoisotopic (exact) mass is 339 g/mol. The number of benzene rings is 1. The van der Waals surface area contributed by atoms with Crippen LogP contribution in [0.5, 0.6) is 5.75 Å². The predicted molar refractivity (Wildman–Crippen MR) is 95.7 cm³/mol. The first-order chi connectivity index (χ1) is 12.3. The van der Waals surface area contributed by atoms with Crippen LogP contribution in [0.15, 0.2) is 47.1 Å². The number of hydrogen-bond acceptors (Lipinski definition) is 3. The third kappa shape index (κ3) is 3.30. The quantitative estimate of drug-likeness (QED) is 0.820. The molecule has 0 unspecified atom stereocenters. The van der Waals surface area contributed by atoms with Gasteiger partial charge in [-0.1, -0.05) is 18.2 Å². The molecule has 1 aliphatic carbocycles. The number of para-hydroxylation sites is 1. The molecule has 1 saturated heterocycles. The van der Waals surface area contributed by atoms with Gasteiger partial charge in [0.25, 0.3) is 0 Å². The molecule has 25 heavy (non-hydrogen) atoms. The average Bonchev–Trinajstić information content (AvgIpc) is 3.26. The Kier molecular flexibility index (Phi) is 4.51. The summed E-state index contributed by atoms with van der Waals surface area (Å²) in [6.45, 7) is 4.38. The maximum Gasteiger partial charge on any atom is 0.226 e. The fourth-order valence-electron chi connectivity index (χ4n) is 4.03. The SMILES string of the molecule is CCOc1ccccc1C1CCN(C(=O)[C@@H]2C[C@H]2c2ccco2)CC1. The van der Waals surface area contributed by atoms with Crippen LogP contribution >= 0.6 is 0 Å². The van der Waals surface area contributed by atoms with Crippen LogP contribution in [0.4, 0.5) is 0 Å². The minimum atomic E-state index is 0.124. The molecular weight excluding hydrogens is 314 g/mol. The fourth-order valence-corrected chi connectivity index (χ4v) is 4.03. The van der Waals surface area contributed by atoms with Crippen molar-refractivity contribution in [2.45, 2.75) is 38.0 Å². The molecule has 2 aliphatic rings. The van der Waals surface area contributed by atoms with E-state index >= 15 is 0 Å². The lowest BCUT2D eigenvalue weighted by molar-refractivity contribution is -0.133. The van der Waals surface area contributed by atoms with Gasteiger partial charge < -0.3 is 14.1 Å². The molecule has 2 aromatic rings. The molecule has 0 N–H and O–H groups in total. The maximum atomic E-state index is 12.7. The summed E-state index contributed by atoms with van der Waals surface area (Å²) in [5, 5.41) is 0. The minimum absolute atomic E-state index is 0.124. The number of piperidine rings is 1. The molecule has 4 heteroatoms. The molecule has 4 nitrogen and oxygen atoms in total. The second-order valence-electron chi connectivity index (χ2n) is 7.03. The standard InChI is InChI=1S/C21H25NO3/c1-2-24-19-7-4-3-6-16(19)15-9-11-22(12-10-15)21(23)18-14-17(18)20-8-5-13-25-20/h3-8,13,15,17-18H,2,9-12,14H2,1H3/t17-,18-/m1/s1. The van der Waals surface area contributed by atoms with Gasteiger partial charge in [-0.15, -0.1) is 0 Å². The number of carbonyl (C=O) groups excluding carboxylic acids is 1. The van der Waals surface area contributed by atoms with E-state index in [0.717, 1.165) is 43.9 Å². The third-order valence-corrected chi connectivity index (χ3v) is 5.48. The summed E-state index contributed by atoms with van der Waals surface area (Å²) >= 11 is 0. The number of furan rings is 1. The van der Waals surface area contributed by atoms with Crippen molar-refractivity contribution in [3.63, 3.8) is 0 Å². The fraction of sp³-hybridized carbons (Fsp3) is 0.476. The zero-order valence-corrected chi connectivity index (χ0v) is 14.7. The van der Waals surface area contributed by atoms with Gasteiger partial charge in [-0.25, -0.2) is 0 Å². The Balaban J connectivity index is 1.35. The van der Waals surface area contributed by atoms with Gasteiger partial charge in [-0.3, -0.25) is 4.79 Å². The summed E-state index contributed by atoms with van der Waals surface area (Å²) in [5.41, 5.74) is 1.29. The third-order valence-electron chi connectivity index (χ3n) is 5.48. The molecule has 0 spiro atoms. The van der Waals surface area contributed by atoms with Crippen LogP contribution in [-0.2, 0) is 4.79 Å². The van der Waals surface area contributed by atoms with Gasteiger partial charge in [0, 0.05) is 24.9 Å². The normalized spacial score (nSPS) is 23.5. The van der Waals surface area contributed by atoms with Gasteiger partial charge in [0.15, 0.2) is 0 Å². The first-order valence-electron chi connectivity index (χ1n) is 9.31. The van der Waals surface area contributed by atoms with E-state index in [1.54, 1.807) is 6.26 Å². The van der Waals surface area contributed by atoms with Gasteiger partial charge in [0.05, 0.1) is 12.9 Å². The van der Waals surface area contributed by atoms with Crippen LogP contribution in [0.3, 0.4) is 0 Å². The molecule has 2 atom stereocenters. The molecule has 1 amide bonds. The number of ether oxygens (including phenoxy) is 1. The van der Waals surface area contributed by atoms with E-state index in [1.165, 1.54) is 5.56 Å². The van der Waals surface area contributed by atoms with Crippen LogP contribution in [0.1, 0.15) is 49.3 Å². The van der Waals surface area contributed by atoms with E-state index in [-0.39, 0.29) is 5.92 Å². The van der Waals surface area contributed by atoms with Crippen LogP contribution < -0.4 is 4.74 Å². The molecule has 2 heterocycles. The Hall–Kier alpha value is -2.23. The molecule has 0 bridgehead atoms. The molecule has 4 rings (SSSR count). The summed E-state index contributed by atoms with van der Waals surface area (Å²) in [4.78, 5) is 14.8. The average molecular weight is 339 g/mol. The van der Waals surface area contributed by atoms with Gasteiger partial charge in [-0.05, 0) is 55.9 Å². The Morgan fingerprint density at radius 2 is 2.00 bits per heavy atom. The van der Waals surface area contributed by atoms with E-state index in [2.05, 4.69) is 18.2 Å². The van der Waals surface area contributed by atoms with Crippen molar-refractivity contribution >= 4 is 5.91 Å². The Bertz CT molecular complexity index is 717. The van der Waals surface area contributed by atoms with Crippen LogP contribution in [0.25, 0.3) is 0 Å². The van der Waals surface area contributed by atoms with Crippen molar-refractivity contribution in [1.82, 2.24) is 4.90 Å². The van der Waals surface area contributed by atoms with Gasteiger partial charge in [-0.2, -0.15) is 0 Å². The zero-order chi connectivity index (χ0) is 17.2. The van der Waals surface area contributed by atoms with E-state index < -0.39 is 0 Å². The van der Waals surface area contributed by atoms with Crippen molar-refractivity contribution in [3.05, 3.63) is 54.0 Å². The first-order valence-corrected chi connectivity index (χ1v) is 9.31. The Morgan fingerprint density at radius 1 is 1.20 bits per heavy atom. The molecule has 1 saturated carbocycles. The van der Waals surface area contributed by atoms with Crippen molar-refractivity contribution in [2.75, 3.05) is 19.7 Å². The molecule has 1 aliphatic heterocycles. The number of carbonyl (C=O) groups is 1. The van der Waals surface area contributed by atoms with Gasteiger partial charge >= 0.3 is 0 Å². The highest BCUT2D eigenvalue weighted by atomic mass is 16.5. The summed E-state index contributed by atoms with van der Waals surface area (Å²) in [6.07, 6.45) is 4.64. The van der Waals surface area contributed by atoms with Crippen molar-refractivity contribution in [3.8, 4) is 5.75 Å². The van der Waals surface area contributed by atoms with Crippen molar-refractivity contribution in [2.24, 2.45) is 5.92 Å². The summed E-state index contributed by atoms with van der Waals surface area (Å²) in [5.74, 6) is 3.15. The molecule has 1 aromatic carbocycles. The second-order valence-corrected chi connectivity index (χ2v) is 7.03. The first kappa shape index (κ1) is 16.2. The van der Waals surface area contributed by atoms with Crippen LogP contribution in [0, 0.1) is 5.92 Å². The largest absolute Gasteiger partial charge is 0.494 e. The Morgan fingerprint density at radius 3 is 2.72 bits per heavy atom. The number of rotatable bonds is 5. The number of nitrogens with zero attached hydrogens (tertiary/aromatic N) is 1. The minimum Gasteiger partial charge on any atom is -0.494 e. The zero-order valence-electron chi connectivity index (χ0n) is 14.7. The molecule has 2 fully saturated rings. The highest BCUT2D eigenvalue weighted by Crippen LogP contribution is 2.49. The second kappa shape index (κ2) is 6.95. The van der Waals surface area contributed by atoms with Crippen molar-refractivity contribution < 1.29 is 13.9 Å². The van der Waals surface area contributed by atoms with Gasteiger partial charge in [0.1, 0.15) is 11.5 Å². The lowest BCUT2D eigenvalue weighted by atomic mass is 9.88. The number of amides is 1. The smallest absolute Gasteiger partial charge is 0.226 e. The topological polar surface area (TPSA) is 42.7 Å². The van der Waals surface area contributed by atoms with E-state index in [1.807, 2.05) is 30.0 Å². The van der Waals surface area contributed by atoms with E-state index in [9.17, 15) is 4.79 Å². The maximum absolute atomic E-state index is 12.7. The van der Waals surface area contributed by atoms with E-state index in [0.29, 0.717) is 24.3 Å².